The normalized spacial score (nSPS) is 18.6. The molecule has 1 saturated carbocycles. The predicted molar refractivity (Wildman–Crippen MR) is 122 cm³/mol. The van der Waals surface area contributed by atoms with Crippen LogP contribution in [0.1, 0.15) is 34.3 Å². The third-order valence-electron chi connectivity index (χ3n) is 6.88. The molecule has 1 aromatic heterocycles. The lowest BCUT2D eigenvalue weighted by Gasteiger charge is -2.34. The van der Waals surface area contributed by atoms with Gasteiger partial charge < -0.3 is 19.7 Å². The monoisotopic (exact) mass is 402 g/mol. The van der Waals surface area contributed by atoms with Gasteiger partial charge in [-0.1, -0.05) is 18.2 Å². The Balaban J connectivity index is 1.42. The fraction of sp³-hybridized carbons (Fsp3) is 0.400. The number of carbonyl (C=O) groups excluding carboxylic acids is 1. The van der Waals surface area contributed by atoms with Gasteiger partial charge in [0.05, 0.1) is 5.54 Å². The van der Waals surface area contributed by atoms with Gasteiger partial charge in [-0.25, -0.2) is 0 Å². The van der Waals surface area contributed by atoms with E-state index in [9.17, 15) is 4.79 Å². The highest BCUT2D eigenvalue weighted by atomic mass is 16.1. The van der Waals surface area contributed by atoms with Gasteiger partial charge in [0, 0.05) is 61.6 Å². The first-order chi connectivity index (χ1) is 14.5. The molecule has 2 aromatic carbocycles. The van der Waals surface area contributed by atoms with Crippen LogP contribution in [0, 0.1) is 6.92 Å². The average molecular weight is 403 g/mol. The highest BCUT2D eigenvalue weighted by Gasteiger charge is 2.47. The molecule has 5 rings (SSSR count). The molecule has 1 N–H and O–H groups in total. The number of aryl methyl sites for hydroxylation is 2. The molecule has 0 spiro atoms. The average Bonchev–Trinajstić information content (AvgIpc) is 3.43. The molecule has 156 valence electrons. The van der Waals surface area contributed by atoms with Crippen LogP contribution in [0.5, 0.6) is 0 Å². The molecule has 1 amide bonds. The van der Waals surface area contributed by atoms with Gasteiger partial charge in [0.1, 0.15) is 0 Å². The fourth-order valence-electron chi connectivity index (χ4n) is 4.71. The Kier molecular flexibility index (Phi) is 4.58. The summed E-state index contributed by atoms with van der Waals surface area (Å²) < 4.78 is 2.14. The van der Waals surface area contributed by atoms with E-state index in [1.807, 2.05) is 6.92 Å². The molecule has 0 bridgehead atoms. The van der Waals surface area contributed by atoms with Crippen molar-refractivity contribution in [3.63, 3.8) is 0 Å². The Bertz CT molecular complexity index is 1100. The second kappa shape index (κ2) is 7.17. The maximum atomic E-state index is 13.4. The summed E-state index contributed by atoms with van der Waals surface area (Å²) in [4.78, 5) is 18.1. The fourth-order valence-corrected chi connectivity index (χ4v) is 4.71. The molecular weight excluding hydrogens is 372 g/mol. The van der Waals surface area contributed by atoms with Crippen molar-refractivity contribution in [1.82, 2.24) is 14.8 Å². The summed E-state index contributed by atoms with van der Waals surface area (Å²) >= 11 is 0. The van der Waals surface area contributed by atoms with Gasteiger partial charge in [0.2, 0.25) is 0 Å². The Hall–Kier alpha value is -2.79. The zero-order valence-corrected chi connectivity index (χ0v) is 18.1. The van der Waals surface area contributed by atoms with Crippen LogP contribution >= 0.6 is 0 Å². The van der Waals surface area contributed by atoms with Gasteiger partial charge in [-0.3, -0.25) is 4.79 Å². The van der Waals surface area contributed by atoms with Crippen molar-refractivity contribution in [3.8, 4) is 0 Å². The smallest absolute Gasteiger partial charge is 0.252 e. The Labute approximate surface area is 178 Å². The number of hydrogen-bond donors (Lipinski definition) is 1. The van der Waals surface area contributed by atoms with Gasteiger partial charge in [-0.15, -0.1) is 0 Å². The van der Waals surface area contributed by atoms with Gasteiger partial charge >= 0.3 is 0 Å². The first kappa shape index (κ1) is 19.2. The molecule has 1 saturated heterocycles. The third kappa shape index (κ3) is 3.27. The number of aromatic nitrogens is 1. The van der Waals surface area contributed by atoms with E-state index in [1.165, 1.54) is 16.5 Å². The zero-order chi connectivity index (χ0) is 20.9. The molecule has 0 atom stereocenters. The van der Waals surface area contributed by atoms with Crippen molar-refractivity contribution in [2.75, 3.05) is 38.1 Å². The van der Waals surface area contributed by atoms with Crippen LogP contribution in [0.3, 0.4) is 0 Å². The number of hydrogen-bond acceptors (Lipinski definition) is 3. The third-order valence-corrected chi connectivity index (χ3v) is 6.88. The van der Waals surface area contributed by atoms with Crippen LogP contribution in [0.2, 0.25) is 0 Å². The number of anilines is 1. The molecule has 30 heavy (non-hydrogen) atoms. The largest absolute Gasteiger partial charge is 0.369 e. The van der Waals surface area contributed by atoms with Crippen LogP contribution < -0.4 is 10.2 Å². The Morgan fingerprint density at radius 2 is 1.77 bits per heavy atom. The highest BCUT2D eigenvalue weighted by molar-refractivity contribution is 5.98. The minimum absolute atomic E-state index is 0.0360. The number of fused-ring (bicyclic) bond motifs is 1. The first-order valence-corrected chi connectivity index (χ1v) is 10.9. The Morgan fingerprint density at radius 3 is 2.50 bits per heavy atom. The minimum Gasteiger partial charge on any atom is -0.369 e. The maximum Gasteiger partial charge on any atom is 0.252 e. The lowest BCUT2D eigenvalue weighted by atomic mass is 9.99. The molecule has 0 unspecified atom stereocenters. The number of likely N-dealkylation sites (N-methyl/N-ethyl adjacent to an activating group) is 1. The van der Waals surface area contributed by atoms with E-state index < -0.39 is 0 Å². The maximum absolute atomic E-state index is 13.4. The lowest BCUT2D eigenvalue weighted by molar-refractivity contribution is 0.0930. The number of nitrogens with one attached hydrogen (secondary N) is 1. The molecule has 5 heteroatoms. The van der Waals surface area contributed by atoms with Crippen molar-refractivity contribution in [2.24, 2.45) is 7.05 Å². The first-order valence-electron chi connectivity index (χ1n) is 10.9. The van der Waals surface area contributed by atoms with Crippen LogP contribution in [0.25, 0.3) is 10.9 Å². The quantitative estimate of drug-likeness (QED) is 0.724. The summed E-state index contributed by atoms with van der Waals surface area (Å²) in [7, 11) is 4.23. The molecule has 5 nitrogen and oxygen atoms in total. The van der Waals surface area contributed by atoms with E-state index in [0.29, 0.717) is 0 Å². The summed E-state index contributed by atoms with van der Waals surface area (Å²) in [6.45, 7) is 6.14. The van der Waals surface area contributed by atoms with Crippen molar-refractivity contribution < 1.29 is 4.79 Å². The molecular formula is C25H30N4O. The SMILES string of the molecule is Cc1ccc(N2CCN(C)CC2)cc1C(=O)NC1(c2cccc3c2ccn3C)CC1. The number of nitrogens with zero attached hydrogens (tertiary/aromatic N) is 3. The van der Waals surface area contributed by atoms with E-state index in [1.54, 1.807) is 0 Å². The minimum atomic E-state index is -0.242. The van der Waals surface area contributed by atoms with E-state index in [4.69, 9.17) is 0 Å². The second-order valence-corrected chi connectivity index (χ2v) is 8.99. The number of piperazine rings is 1. The molecule has 2 fully saturated rings. The number of carbonyl (C=O) groups is 1. The van der Waals surface area contributed by atoms with Crippen molar-refractivity contribution in [3.05, 3.63) is 65.4 Å². The topological polar surface area (TPSA) is 40.5 Å². The number of amides is 1. The molecule has 2 heterocycles. The van der Waals surface area contributed by atoms with Crippen LogP contribution in [0.15, 0.2) is 48.7 Å². The molecule has 0 radical (unpaired) electrons. The van der Waals surface area contributed by atoms with Crippen molar-refractivity contribution >= 4 is 22.5 Å². The summed E-state index contributed by atoms with van der Waals surface area (Å²) in [5, 5.41) is 4.64. The van der Waals surface area contributed by atoms with Crippen LogP contribution in [-0.2, 0) is 12.6 Å². The van der Waals surface area contributed by atoms with Gasteiger partial charge in [-0.05, 0) is 62.2 Å². The summed E-state index contributed by atoms with van der Waals surface area (Å²) in [6, 6.07) is 14.9. The van der Waals surface area contributed by atoms with E-state index in [2.05, 4.69) is 82.4 Å². The lowest BCUT2D eigenvalue weighted by Crippen LogP contribution is -2.44. The van der Waals surface area contributed by atoms with Crippen molar-refractivity contribution in [1.29, 1.82) is 0 Å². The van der Waals surface area contributed by atoms with E-state index >= 15 is 0 Å². The van der Waals surface area contributed by atoms with E-state index in [0.717, 1.165) is 55.8 Å². The molecule has 1 aliphatic carbocycles. The summed E-state index contributed by atoms with van der Waals surface area (Å²) in [5.74, 6) is 0.0360. The van der Waals surface area contributed by atoms with Gasteiger partial charge in [-0.2, -0.15) is 0 Å². The van der Waals surface area contributed by atoms with Gasteiger partial charge in [0.25, 0.3) is 5.91 Å². The highest BCUT2D eigenvalue weighted by Crippen LogP contribution is 2.48. The summed E-state index contributed by atoms with van der Waals surface area (Å²) in [6.07, 6.45) is 4.07. The molecule has 3 aromatic rings. The van der Waals surface area contributed by atoms with Crippen molar-refractivity contribution in [2.45, 2.75) is 25.3 Å². The second-order valence-electron chi connectivity index (χ2n) is 8.99. The summed E-state index contributed by atoms with van der Waals surface area (Å²) in [5.41, 5.74) is 5.17. The standard InChI is InChI=1S/C25H30N4O/c1-18-7-8-19(29-15-13-27(2)14-16-29)17-21(18)24(30)26-25(10-11-25)22-5-4-6-23-20(22)9-12-28(23)3/h4-9,12,17H,10-11,13-16H2,1-3H3,(H,26,30). The number of benzene rings is 2. The molecule has 1 aliphatic heterocycles. The van der Waals surface area contributed by atoms with E-state index in [-0.39, 0.29) is 11.4 Å². The van der Waals surface area contributed by atoms with Crippen LogP contribution in [0.4, 0.5) is 5.69 Å². The van der Waals surface area contributed by atoms with Crippen LogP contribution in [-0.4, -0.2) is 48.6 Å². The van der Waals surface area contributed by atoms with Gasteiger partial charge in [0.15, 0.2) is 0 Å². The number of rotatable bonds is 4. The predicted octanol–water partition coefficient (Wildman–Crippen LogP) is 3.66. The Morgan fingerprint density at radius 1 is 1.00 bits per heavy atom. The zero-order valence-electron chi connectivity index (χ0n) is 18.1. The molecule has 2 aliphatic rings.